The smallest absolute Gasteiger partial charge is 0.192 e. The summed E-state index contributed by atoms with van der Waals surface area (Å²) in [6.07, 6.45) is -0.336. The summed E-state index contributed by atoms with van der Waals surface area (Å²) in [5, 5.41) is 21.6. The van der Waals surface area contributed by atoms with Crippen molar-refractivity contribution in [2.24, 2.45) is 5.41 Å². The van der Waals surface area contributed by atoms with Gasteiger partial charge < -0.3 is 24.1 Å². The highest BCUT2D eigenvalue weighted by Crippen LogP contribution is 2.39. The second kappa shape index (κ2) is 14.6. The van der Waals surface area contributed by atoms with Crippen LogP contribution in [0.1, 0.15) is 65.0 Å². The first-order chi connectivity index (χ1) is 17.3. The third-order valence-electron chi connectivity index (χ3n) is 7.51. The van der Waals surface area contributed by atoms with Gasteiger partial charge in [0, 0.05) is 25.0 Å². The molecule has 6 heteroatoms. The Bertz CT molecular complexity index is 879. The van der Waals surface area contributed by atoms with Gasteiger partial charge in [0.1, 0.15) is 0 Å². The zero-order valence-corrected chi connectivity index (χ0v) is 25.1. The maximum Gasteiger partial charge on any atom is 0.192 e. The van der Waals surface area contributed by atoms with E-state index in [4.69, 9.17) is 13.9 Å². The van der Waals surface area contributed by atoms with Gasteiger partial charge >= 0.3 is 0 Å². The molecule has 0 fully saturated rings. The van der Waals surface area contributed by atoms with E-state index in [2.05, 4.69) is 47.7 Å². The Hall–Kier alpha value is -1.54. The second-order valence-corrected chi connectivity index (χ2v) is 17.2. The van der Waals surface area contributed by atoms with Crippen LogP contribution in [0.4, 0.5) is 0 Å². The summed E-state index contributed by atoms with van der Waals surface area (Å²) >= 11 is 0. The Kier molecular flexibility index (Phi) is 12.5. The summed E-state index contributed by atoms with van der Waals surface area (Å²) in [4.78, 5) is 0. The quantitative estimate of drug-likeness (QED) is 0.186. The maximum atomic E-state index is 10.9. The molecule has 37 heavy (non-hydrogen) atoms. The first-order valence-corrected chi connectivity index (χ1v) is 16.5. The molecule has 2 aromatic carbocycles. The van der Waals surface area contributed by atoms with Gasteiger partial charge in [-0.1, -0.05) is 95.3 Å². The van der Waals surface area contributed by atoms with Crippen molar-refractivity contribution in [2.75, 3.05) is 13.2 Å². The molecule has 3 atom stereocenters. The second-order valence-electron chi connectivity index (χ2n) is 12.4. The van der Waals surface area contributed by atoms with Crippen molar-refractivity contribution in [1.29, 1.82) is 0 Å². The van der Waals surface area contributed by atoms with Gasteiger partial charge in [-0.2, -0.15) is 0 Å². The molecule has 0 aliphatic carbocycles. The number of ether oxygens (including phenoxy) is 2. The van der Waals surface area contributed by atoms with Crippen molar-refractivity contribution >= 4 is 8.32 Å². The number of benzene rings is 2. The van der Waals surface area contributed by atoms with Crippen LogP contribution in [0.5, 0.6) is 0 Å². The molecule has 0 spiro atoms. The summed E-state index contributed by atoms with van der Waals surface area (Å²) in [6.45, 7) is 17.5. The van der Waals surface area contributed by atoms with Gasteiger partial charge in [0.05, 0.1) is 31.5 Å². The van der Waals surface area contributed by atoms with Crippen LogP contribution < -0.4 is 0 Å². The molecule has 0 aliphatic heterocycles. The molecule has 0 saturated carbocycles. The van der Waals surface area contributed by atoms with Crippen LogP contribution in [0.25, 0.3) is 0 Å². The summed E-state index contributed by atoms with van der Waals surface area (Å²) in [5.41, 5.74) is 1.89. The zero-order valence-electron chi connectivity index (χ0n) is 24.1. The van der Waals surface area contributed by atoms with Crippen molar-refractivity contribution in [2.45, 2.75) is 104 Å². The standard InChI is InChI=1S/C31H50O5Si/c1-30(2,3)37(6,7)36-24-31(4,5)29(35-23-26-16-12-9-13-17-26)21-28(33)20-27(32)18-19-34-22-25-14-10-8-11-15-25/h8-17,27-29,32-33H,18-24H2,1-7H3/t27-,28+,29-/m0/s1. The van der Waals surface area contributed by atoms with Crippen LogP contribution in [0.3, 0.4) is 0 Å². The van der Waals surface area contributed by atoms with E-state index in [1.165, 1.54) is 0 Å². The lowest BCUT2D eigenvalue weighted by Crippen LogP contribution is -2.46. The predicted octanol–water partition coefficient (Wildman–Crippen LogP) is 6.73. The van der Waals surface area contributed by atoms with Crippen molar-refractivity contribution < 1.29 is 24.1 Å². The summed E-state index contributed by atoms with van der Waals surface area (Å²) in [5.74, 6) is 0. The monoisotopic (exact) mass is 530 g/mol. The van der Waals surface area contributed by atoms with E-state index >= 15 is 0 Å². The molecule has 5 nitrogen and oxygen atoms in total. The molecule has 0 aromatic heterocycles. The van der Waals surface area contributed by atoms with Gasteiger partial charge in [0.15, 0.2) is 8.32 Å². The van der Waals surface area contributed by atoms with Crippen LogP contribution in [0.15, 0.2) is 60.7 Å². The number of rotatable bonds is 16. The topological polar surface area (TPSA) is 68.2 Å². The Morgan fingerprint density at radius 1 is 0.757 bits per heavy atom. The minimum atomic E-state index is -1.93. The largest absolute Gasteiger partial charge is 0.416 e. The fourth-order valence-corrected chi connectivity index (χ4v) is 4.98. The third kappa shape index (κ3) is 11.4. The van der Waals surface area contributed by atoms with E-state index in [1.54, 1.807) is 0 Å². The molecule has 0 heterocycles. The average molecular weight is 531 g/mol. The molecular weight excluding hydrogens is 480 g/mol. The number of hydrogen-bond acceptors (Lipinski definition) is 5. The maximum absolute atomic E-state index is 10.9. The minimum absolute atomic E-state index is 0.121. The van der Waals surface area contributed by atoms with Crippen molar-refractivity contribution in [3.8, 4) is 0 Å². The molecule has 208 valence electrons. The molecule has 0 radical (unpaired) electrons. The van der Waals surface area contributed by atoms with Crippen molar-refractivity contribution in [1.82, 2.24) is 0 Å². The molecule has 2 rings (SSSR count). The number of aliphatic hydroxyl groups excluding tert-OH is 2. The average Bonchev–Trinajstić information content (AvgIpc) is 2.84. The van der Waals surface area contributed by atoms with E-state index in [0.717, 1.165) is 11.1 Å². The van der Waals surface area contributed by atoms with Gasteiger partial charge in [0.25, 0.3) is 0 Å². The number of hydrogen-bond donors (Lipinski definition) is 2. The van der Waals surface area contributed by atoms with Crippen molar-refractivity contribution in [3.05, 3.63) is 71.8 Å². The Labute approximate surface area is 226 Å². The minimum Gasteiger partial charge on any atom is -0.416 e. The van der Waals surface area contributed by atoms with E-state index in [9.17, 15) is 10.2 Å². The third-order valence-corrected chi connectivity index (χ3v) is 12.0. The van der Waals surface area contributed by atoms with E-state index in [-0.39, 0.29) is 16.6 Å². The van der Waals surface area contributed by atoms with Crippen molar-refractivity contribution in [3.63, 3.8) is 0 Å². The highest BCUT2D eigenvalue weighted by molar-refractivity contribution is 6.74. The predicted molar refractivity (Wildman–Crippen MR) is 154 cm³/mol. The van der Waals surface area contributed by atoms with Crippen LogP contribution in [0, 0.1) is 5.41 Å². The molecule has 2 aromatic rings. The van der Waals surface area contributed by atoms with E-state index < -0.39 is 20.5 Å². The lowest BCUT2D eigenvalue weighted by atomic mass is 9.83. The van der Waals surface area contributed by atoms with E-state index in [1.807, 2.05) is 60.7 Å². The molecule has 0 unspecified atom stereocenters. The molecule has 2 N–H and O–H groups in total. The molecule has 0 amide bonds. The van der Waals surface area contributed by atoms with Crippen LogP contribution in [0.2, 0.25) is 18.1 Å². The number of aliphatic hydroxyl groups is 2. The summed E-state index contributed by atoms with van der Waals surface area (Å²) in [6, 6.07) is 20.1. The van der Waals surface area contributed by atoms with Gasteiger partial charge in [-0.15, -0.1) is 0 Å². The van der Waals surface area contributed by atoms with Gasteiger partial charge in [-0.3, -0.25) is 0 Å². The van der Waals surface area contributed by atoms with Gasteiger partial charge in [-0.05, 0) is 42.1 Å². The molecular formula is C31H50O5Si. The van der Waals surface area contributed by atoms with Crippen LogP contribution in [-0.4, -0.2) is 50.1 Å². The van der Waals surface area contributed by atoms with E-state index in [0.29, 0.717) is 45.7 Å². The lowest BCUT2D eigenvalue weighted by Gasteiger charge is -2.41. The summed E-state index contributed by atoms with van der Waals surface area (Å²) in [7, 11) is -1.93. The highest BCUT2D eigenvalue weighted by atomic mass is 28.4. The Balaban J connectivity index is 1.93. The first kappa shape index (κ1) is 31.7. The molecule has 0 bridgehead atoms. The Morgan fingerprint density at radius 2 is 1.30 bits per heavy atom. The first-order valence-electron chi connectivity index (χ1n) is 13.6. The van der Waals surface area contributed by atoms with Gasteiger partial charge in [-0.25, -0.2) is 0 Å². The SMILES string of the molecule is CC(C)(CO[Si](C)(C)C(C)(C)C)[C@H](C[C@H](O)C[C@@H](O)CCOCc1ccccc1)OCc1ccccc1. The Morgan fingerprint density at radius 3 is 1.84 bits per heavy atom. The fourth-order valence-electron chi connectivity index (χ4n) is 3.82. The summed E-state index contributed by atoms with van der Waals surface area (Å²) < 4.78 is 18.7. The molecule has 0 aliphatic rings. The normalized spacial score (nSPS) is 15.4. The molecule has 0 saturated heterocycles. The fraction of sp³-hybridized carbons (Fsp3) is 0.613. The van der Waals surface area contributed by atoms with Crippen LogP contribution in [-0.2, 0) is 27.1 Å². The zero-order chi connectivity index (χ0) is 27.5. The highest BCUT2D eigenvalue weighted by Gasteiger charge is 2.40. The lowest BCUT2D eigenvalue weighted by molar-refractivity contribution is -0.0816. The van der Waals surface area contributed by atoms with Gasteiger partial charge in [0.2, 0.25) is 0 Å². The van der Waals surface area contributed by atoms with Crippen LogP contribution >= 0.6 is 0 Å².